The first kappa shape index (κ1) is 32.1. The van der Waals surface area contributed by atoms with E-state index in [4.69, 9.17) is 26.0 Å². The summed E-state index contributed by atoms with van der Waals surface area (Å²) in [4.78, 5) is 59.7. The third kappa shape index (κ3) is 6.88. The molecule has 0 bridgehead atoms. The molecule has 1 aliphatic heterocycles. The van der Waals surface area contributed by atoms with Crippen molar-refractivity contribution in [2.45, 2.75) is 87.9 Å². The van der Waals surface area contributed by atoms with Crippen LogP contribution >= 0.6 is 0 Å². The smallest absolute Gasteiger partial charge is 0.332 e. The topological polar surface area (TPSA) is 272 Å². The van der Waals surface area contributed by atoms with Crippen molar-refractivity contribution in [3.8, 4) is 0 Å². The standard InChI is InChI=1S/C20H33FN4O12/c1-7(18(33)34)36-15-13(22)16(37-11(6-26)14(15)31)20(8(2)27,25(21)9(3)28)19(35)24-10(17(23)32)4-5-12(29)30/h7-8,10-11,13-16,26-27,31H,4-6,22H2,1-3H3,(H2,23,32)(H,24,35)(H,29,30)(H,33,34)/t7-,8-,10-,11-,13-,14-,15-,16?,20-/m1/s1. The summed E-state index contributed by atoms with van der Waals surface area (Å²) in [6.07, 6.45) is -12.3. The van der Waals surface area contributed by atoms with Crippen LogP contribution in [0.5, 0.6) is 0 Å². The van der Waals surface area contributed by atoms with Crippen molar-refractivity contribution < 1.29 is 63.5 Å². The summed E-state index contributed by atoms with van der Waals surface area (Å²) in [6.45, 7) is 1.65. The second kappa shape index (κ2) is 13.0. The quantitative estimate of drug-likeness (QED) is 0.104. The molecule has 1 saturated heterocycles. The number of carbonyl (C=O) groups excluding carboxylic acids is 3. The second-order valence-corrected chi connectivity index (χ2v) is 8.59. The molecule has 0 saturated carbocycles. The molecule has 0 spiro atoms. The first-order valence-corrected chi connectivity index (χ1v) is 11.1. The molecule has 212 valence electrons. The minimum atomic E-state index is -3.12. The molecule has 10 N–H and O–H groups in total. The zero-order valence-corrected chi connectivity index (χ0v) is 20.3. The van der Waals surface area contributed by atoms with Crippen molar-refractivity contribution in [3.63, 3.8) is 0 Å². The number of nitrogens with zero attached hydrogens (tertiary/aromatic N) is 1. The number of carboxylic acid groups (broad SMARTS) is 2. The Labute approximate surface area is 210 Å². The Hall–Kier alpha value is -2.96. The molecular weight excluding hydrogens is 507 g/mol. The summed E-state index contributed by atoms with van der Waals surface area (Å²) in [5.41, 5.74) is 8.21. The van der Waals surface area contributed by atoms with Crippen LogP contribution in [0.25, 0.3) is 0 Å². The maximum atomic E-state index is 15.6. The molecule has 17 heteroatoms. The summed E-state index contributed by atoms with van der Waals surface area (Å²) in [5, 5.41) is 50.3. The summed E-state index contributed by atoms with van der Waals surface area (Å²) < 4.78 is 26.3. The van der Waals surface area contributed by atoms with Crippen molar-refractivity contribution in [2.75, 3.05) is 6.61 Å². The number of aliphatic hydroxyl groups is 3. The predicted octanol–water partition coefficient (Wildman–Crippen LogP) is -4.02. The maximum absolute atomic E-state index is 15.6. The number of carbonyl (C=O) groups is 5. The Morgan fingerprint density at radius 3 is 2.19 bits per heavy atom. The molecule has 1 fully saturated rings. The number of amides is 3. The van der Waals surface area contributed by atoms with E-state index in [1.807, 2.05) is 5.32 Å². The fourth-order valence-corrected chi connectivity index (χ4v) is 3.99. The fraction of sp³-hybridized carbons (Fsp3) is 0.750. The molecule has 1 unspecified atom stereocenters. The Balaban J connectivity index is 3.69. The van der Waals surface area contributed by atoms with Gasteiger partial charge in [0.2, 0.25) is 17.4 Å². The Kier molecular flexibility index (Phi) is 11.3. The van der Waals surface area contributed by atoms with E-state index in [9.17, 15) is 44.4 Å². The highest BCUT2D eigenvalue weighted by Gasteiger charge is 2.64. The van der Waals surface area contributed by atoms with Gasteiger partial charge in [-0.2, -0.15) is 5.12 Å². The van der Waals surface area contributed by atoms with Crippen molar-refractivity contribution in [2.24, 2.45) is 11.5 Å². The zero-order valence-electron chi connectivity index (χ0n) is 20.3. The molecule has 0 aliphatic carbocycles. The highest BCUT2D eigenvalue weighted by molar-refractivity contribution is 5.95. The molecule has 16 nitrogen and oxygen atoms in total. The van der Waals surface area contributed by atoms with E-state index in [1.54, 1.807) is 0 Å². The van der Waals surface area contributed by atoms with Gasteiger partial charge in [0, 0.05) is 13.3 Å². The van der Waals surface area contributed by atoms with Crippen LogP contribution in [0, 0.1) is 0 Å². The van der Waals surface area contributed by atoms with Crippen molar-refractivity contribution in [1.29, 1.82) is 0 Å². The summed E-state index contributed by atoms with van der Waals surface area (Å²) >= 11 is 0. The average Bonchev–Trinajstić information content (AvgIpc) is 2.79. The minimum absolute atomic E-state index is 0.546. The first-order chi connectivity index (χ1) is 17.0. The van der Waals surface area contributed by atoms with Gasteiger partial charge >= 0.3 is 11.9 Å². The van der Waals surface area contributed by atoms with Gasteiger partial charge in [0.1, 0.15) is 30.5 Å². The molecule has 3 amide bonds. The number of hydrogen-bond acceptors (Lipinski definition) is 11. The van der Waals surface area contributed by atoms with Gasteiger partial charge in [-0.1, -0.05) is 4.48 Å². The molecule has 9 atom stereocenters. The first-order valence-electron chi connectivity index (χ1n) is 11.1. The molecule has 0 aromatic carbocycles. The Morgan fingerprint density at radius 1 is 1.22 bits per heavy atom. The summed E-state index contributed by atoms with van der Waals surface area (Å²) in [5.74, 6) is -7.11. The second-order valence-electron chi connectivity index (χ2n) is 8.59. The summed E-state index contributed by atoms with van der Waals surface area (Å²) in [7, 11) is 0. The maximum Gasteiger partial charge on any atom is 0.332 e. The van der Waals surface area contributed by atoms with Crippen LogP contribution < -0.4 is 16.8 Å². The Bertz CT molecular complexity index is 876. The number of carboxylic acids is 2. The van der Waals surface area contributed by atoms with E-state index in [-0.39, 0.29) is 0 Å². The van der Waals surface area contributed by atoms with Crippen LogP contribution in [-0.4, -0.2) is 121 Å². The number of rotatable bonds is 13. The van der Waals surface area contributed by atoms with Gasteiger partial charge in [0.15, 0.2) is 6.10 Å². The molecule has 0 radical (unpaired) electrons. The molecule has 0 aromatic heterocycles. The molecule has 1 rings (SSSR count). The van der Waals surface area contributed by atoms with Crippen LogP contribution in [0.3, 0.4) is 0 Å². The van der Waals surface area contributed by atoms with Crippen LogP contribution in [0.1, 0.15) is 33.6 Å². The number of aliphatic hydroxyl groups excluding tert-OH is 3. The van der Waals surface area contributed by atoms with Crippen molar-refractivity contribution >= 4 is 29.7 Å². The number of ether oxygens (including phenoxy) is 2. The Morgan fingerprint density at radius 2 is 1.78 bits per heavy atom. The molecule has 1 aliphatic rings. The van der Waals surface area contributed by atoms with E-state index < -0.39 is 108 Å². The largest absolute Gasteiger partial charge is 0.481 e. The van der Waals surface area contributed by atoms with Gasteiger partial charge in [0.05, 0.1) is 18.8 Å². The lowest BCUT2D eigenvalue weighted by Crippen LogP contribution is -2.79. The number of hydrogen-bond donors (Lipinski definition) is 8. The van der Waals surface area contributed by atoms with E-state index in [2.05, 4.69) is 0 Å². The van der Waals surface area contributed by atoms with Gasteiger partial charge in [-0.3, -0.25) is 19.2 Å². The number of halogens is 1. The number of primary amides is 1. The predicted molar refractivity (Wildman–Crippen MR) is 118 cm³/mol. The van der Waals surface area contributed by atoms with E-state index in [0.717, 1.165) is 13.8 Å². The molecule has 37 heavy (non-hydrogen) atoms. The van der Waals surface area contributed by atoms with Crippen LogP contribution in [-0.2, 0) is 33.4 Å². The monoisotopic (exact) mass is 540 g/mol. The molecule has 1 heterocycles. The lowest BCUT2D eigenvalue weighted by Gasteiger charge is -2.52. The van der Waals surface area contributed by atoms with Crippen molar-refractivity contribution in [1.82, 2.24) is 10.4 Å². The lowest BCUT2D eigenvalue weighted by atomic mass is 9.76. The highest BCUT2D eigenvalue weighted by Crippen LogP contribution is 2.36. The van der Waals surface area contributed by atoms with Gasteiger partial charge in [-0.05, 0) is 20.3 Å². The third-order valence-corrected chi connectivity index (χ3v) is 5.99. The number of aliphatic carboxylic acids is 2. The molecule has 0 aromatic rings. The van der Waals surface area contributed by atoms with Crippen LogP contribution in [0.15, 0.2) is 0 Å². The van der Waals surface area contributed by atoms with Gasteiger partial charge in [-0.25, -0.2) is 4.79 Å². The SMILES string of the molecule is CC(=O)N(F)[C@@](C(=O)N[C@H](CCC(=O)O)C(N)=O)(C1O[C@H](CO)[C@@H](O)[C@H](O[C@H](C)C(=O)O)[C@H]1N)[C@@H](C)O. The fourth-order valence-electron chi connectivity index (χ4n) is 3.99. The van der Waals surface area contributed by atoms with E-state index in [0.29, 0.717) is 6.92 Å². The van der Waals surface area contributed by atoms with E-state index >= 15 is 4.48 Å². The lowest BCUT2D eigenvalue weighted by molar-refractivity contribution is -0.261. The van der Waals surface area contributed by atoms with Crippen LogP contribution in [0.4, 0.5) is 4.48 Å². The number of nitrogens with two attached hydrogens (primary N) is 2. The van der Waals surface area contributed by atoms with Gasteiger partial charge in [-0.15, -0.1) is 0 Å². The van der Waals surface area contributed by atoms with Gasteiger partial charge in [0.25, 0.3) is 5.91 Å². The summed E-state index contributed by atoms with van der Waals surface area (Å²) in [6, 6.07) is -3.52. The number of nitrogens with one attached hydrogen (secondary N) is 1. The van der Waals surface area contributed by atoms with E-state index in [1.165, 1.54) is 0 Å². The average molecular weight is 540 g/mol. The van der Waals surface area contributed by atoms with Gasteiger partial charge < -0.3 is 51.8 Å². The van der Waals surface area contributed by atoms with Crippen molar-refractivity contribution in [3.05, 3.63) is 0 Å². The van der Waals surface area contributed by atoms with Crippen LogP contribution in [0.2, 0.25) is 0 Å². The normalized spacial score (nSPS) is 27.7. The third-order valence-electron chi connectivity index (χ3n) is 5.99. The minimum Gasteiger partial charge on any atom is -0.481 e. The zero-order chi connectivity index (χ0) is 28.8. The molecular formula is C20H33FN4O12. The highest BCUT2D eigenvalue weighted by atomic mass is 19.2.